The minimum Gasteiger partial charge on any atom is -0.457 e. The monoisotopic (exact) mass is 188 g/mol. The number of hydrogen-bond acceptors (Lipinski definition) is 5. The highest BCUT2D eigenvalue weighted by atomic mass is 17.3. The van der Waals surface area contributed by atoms with Gasteiger partial charge in [0.1, 0.15) is 0 Å². The third kappa shape index (κ3) is 1.54. The Kier molecular flexibility index (Phi) is 2.02. The van der Waals surface area contributed by atoms with Crippen molar-refractivity contribution in [1.82, 2.24) is 0 Å². The summed E-state index contributed by atoms with van der Waals surface area (Å²) in [5.74, 6) is -1.25. The van der Waals surface area contributed by atoms with Gasteiger partial charge in [-0.2, -0.15) is 4.89 Å². The van der Waals surface area contributed by atoms with Crippen LogP contribution in [0.15, 0.2) is 0 Å². The first-order valence-corrected chi connectivity index (χ1v) is 4.30. The fourth-order valence-electron chi connectivity index (χ4n) is 1.60. The molecule has 2 bridgehead atoms. The first-order valence-electron chi connectivity index (χ1n) is 4.30. The zero-order valence-corrected chi connectivity index (χ0v) is 7.61. The molecule has 2 aliphatic rings. The molecule has 5 nitrogen and oxygen atoms in total. The molecule has 0 aromatic rings. The minimum absolute atomic E-state index is 0.309. The summed E-state index contributed by atoms with van der Waals surface area (Å²) < 4.78 is 10.4. The number of esters is 1. The summed E-state index contributed by atoms with van der Waals surface area (Å²) >= 11 is 0. The molecule has 0 N–H and O–H groups in total. The largest absolute Gasteiger partial charge is 0.457 e. The van der Waals surface area contributed by atoms with Crippen LogP contribution in [0.2, 0.25) is 0 Å². The van der Waals surface area contributed by atoms with E-state index in [9.17, 15) is 4.79 Å². The normalized spacial score (nSPS) is 43.2. The number of carbonyl (C=O) groups is 1. The molecule has 2 rings (SSSR count). The average molecular weight is 188 g/mol. The fourth-order valence-corrected chi connectivity index (χ4v) is 1.60. The zero-order valence-electron chi connectivity index (χ0n) is 7.61. The van der Waals surface area contributed by atoms with Crippen LogP contribution in [-0.4, -0.2) is 24.2 Å². The molecule has 0 spiro atoms. The summed E-state index contributed by atoms with van der Waals surface area (Å²) in [6, 6.07) is 0. The van der Waals surface area contributed by atoms with Gasteiger partial charge in [-0.25, -0.2) is 4.89 Å². The van der Waals surface area contributed by atoms with Gasteiger partial charge in [-0.3, -0.25) is 4.79 Å². The van der Waals surface area contributed by atoms with E-state index in [1.54, 1.807) is 6.92 Å². The Hall–Kier alpha value is -0.650. The Labute approximate surface area is 75.8 Å². The molecule has 0 unspecified atom stereocenters. The molecule has 0 aromatic heterocycles. The molecule has 0 aromatic carbocycles. The summed E-state index contributed by atoms with van der Waals surface area (Å²) in [5, 5.41) is 0. The highest BCUT2D eigenvalue weighted by Gasteiger charge is 2.51. The van der Waals surface area contributed by atoms with Gasteiger partial charge in [-0.05, 0) is 13.3 Å². The smallest absolute Gasteiger partial charge is 0.303 e. The van der Waals surface area contributed by atoms with Gasteiger partial charge in [0.25, 0.3) is 0 Å². The van der Waals surface area contributed by atoms with Crippen molar-refractivity contribution in [2.75, 3.05) is 0 Å². The summed E-state index contributed by atoms with van der Waals surface area (Å²) in [7, 11) is 0. The van der Waals surface area contributed by atoms with Crippen LogP contribution in [0.1, 0.15) is 26.7 Å². The summed E-state index contributed by atoms with van der Waals surface area (Å²) in [4.78, 5) is 20.6. The predicted octanol–water partition coefficient (Wildman–Crippen LogP) is 0.733. The molecule has 13 heavy (non-hydrogen) atoms. The molecule has 0 saturated carbocycles. The average Bonchev–Trinajstić information content (AvgIpc) is 2.35. The molecule has 5 heteroatoms. The second-order valence-corrected chi connectivity index (χ2v) is 3.42. The van der Waals surface area contributed by atoms with E-state index in [1.807, 2.05) is 0 Å². The molecule has 0 radical (unpaired) electrons. The third-order valence-electron chi connectivity index (χ3n) is 2.24. The van der Waals surface area contributed by atoms with Crippen LogP contribution in [0.4, 0.5) is 0 Å². The van der Waals surface area contributed by atoms with Crippen molar-refractivity contribution in [2.24, 2.45) is 0 Å². The van der Waals surface area contributed by atoms with Crippen LogP contribution in [-0.2, 0) is 24.0 Å². The van der Waals surface area contributed by atoms with E-state index in [2.05, 4.69) is 0 Å². The second kappa shape index (κ2) is 2.94. The number of fused-ring (bicyclic) bond motifs is 2. The van der Waals surface area contributed by atoms with Gasteiger partial charge in [0.15, 0.2) is 12.4 Å². The zero-order chi connectivity index (χ0) is 9.47. The van der Waals surface area contributed by atoms with Crippen molar-refractivity contribution in [3.63, 3.8) is 0 Å². The predicted molar refractivity (Wildman–Crippen MR) is 40.2 cm³/mol. The van der Waals surface area contributed by atoms with Crippen LogP contribution < -0.4 is 0 Å². The second-order valence-electron chi connectivity index (χ2n) is 3.42. The molecule has 2 aliphatic heterocycles. The van der Waals surface area contributed by atoms with E-state index in [0.29, 0.717) is 12.8 Å². The van der Waals surface area contributed by atoms with Crippen LogP contribution in [0, 0.1) is 0 Å². The highest BCUT2D eigenvalue weighted by molar-refractivity contribution is 5.66. The quantitative estimate of drug-likeness (QED) is 0.448. The number of carbonyl (C=O) groups excluding carboxylic acids is 1. The Balaban J connectivity index is 2.06. The Morgan fingerprint density at radius 3 is 3.00 bits per heavy atom. The molecule has 3 atom stereocenters. The van der Waals surface area contributed by atoms with E-state index in [1.165, 1.54) is 6.92 Å². The summed E-state index contributed by atoms with van der Waals surface area (Å²) in [6.45, 7) is 3.07. The van der Waals surface area contributed by atoms with Crippen molar-refractivity contribution in [3.05, 3.63) is 0 Å². The lowest BCUT2D eigenvalue weighted by Crippen LogP contribution is -2.46. The maximum absolute atomic E-state index is 10.8. The van der Waals surface area contributed by atoms with Gasteiger partial charge in [-0.1, -0.05) is 0 Å². The van der Waals surface area contributed by atoms with Gasteiger partial charge in [0.05, 0.1) is 0 Å². The Morgan fingerprint density at radius 2 is 2.31 bits per heavy atom. The summed E-state index contributed by atoms with van der Waals surface area (Å²) in [5.41, 5.74) is 0. The maximum atomic E-state index is 10.8. The Bertz CT molecular complexity index is 229. The van der Waals surface area contributed by atoms with Crippen molar-refractivity contribution in [2.45, 2.75) is 44.9 Å². The lowest BCUT2D eigenvalue weighted by molar-refractivity contribution is -0.337. The van der Waals surface area contributed by atoms with E-state index in [-0.39, 0.29) is 18.4 Å². The molecule has 2 saturated heterocycles. The lowest BCUT2D eigenvalue weighted by Gasteiger charge is -2.32. The minimum atomic E-state index is -0.922. The molecular formula is C8H12O5. The summed E-state index contributed by atoms with van der Waals surface area (Å²) in [6.07, 6.45) is 0.717. The van der Waals surface area contributed by atoms with Crippen molar-refractivity contribution >= 4 is 5.97 Å². The molecule has 74 valence electrons. The molecular weight excluding hydrogens is 176 g/mol. The van der Waals surface area contributed by atoms with Gasteiger partial charge >= 0.3 is 5.97 Å². The molecule has 2 heterocycles. The van der Waals surface area contributed by atoms with E-state index < -0.39 is 5.79 Å². The lowest BCUT2D eigenvalue weighted by atomic mass is 10.0. The van der Waals surface area contributed by atoms with Crippen LogP contribution in [0.25, 0.3) is 0 Å². The maximum Gasteiger partial charge on any atom is 0.303 e. The fraction of sp³-hybridized carbons (Fsp3) is 0.875. The van der Waals surface area contributed by atoms with Gasteiger partial charge in [0, 0.05) is 13.3 Å². The standard InChI is InChI=1S/C8H12O5/c1-5(9)10-6-3-4-7-11-8(6,2)13-12-7/h6-7H,3-4H2,1-2H3/t6-,7+,8-/m0/s1. The number of hydrogen-bond donors (Lipinski definition) is 0. The van der Waals surface area contributed by atoms with E-state index in [0.717, 1.165) is 0 Å². The number of rotatable bonds is 1. The van der Waals surface area contributed by atoms with Crippen LogP contribution >= 0.6 is 0 Å². The molecule has 0 amide bonds. The number of ether oxygens (including phenoxy) is 2. The van der Waals surface area contributed by atoms with Gasteiger partial charge in [-0.15, -0.1) is 0 Å². The third-order valence-corrected chi connectivity index (χ3v) is 2.24. The molecule has 0 aliphatic carbocycles. The van der Waals surface area contributed by atoms with Crippen LogP contribution in [0.5, 0.6) is 0 Å². The SMILES string of the molecule is CC(=O)O[C@H]1CC[C@H]2OO[C@]1(C)O2. The molecule has 2 fully saturated rings. The van der Waals surface area contributed by atoms with Crippen LogP contribution in [0.3, 0.4) is 0 Å². The first kappa shape index (κ1) is 8.93. The van der Waals surface area contributed by atoms with E-state index >= 15 is 0 Å². The van der Waals surface area contributed by atoms with E-state index in [4.69, 9.17) is 19.2 Å². The highest BCUT2D eigenvalue weighted by Crippen LogP contribution is 2.38. The first-order chi connectivity index (χ1) is 6.10. The van der Waals surface area contributed by atoms with Crippen molar-refractivity contribution < 1.29 is 24.0 Å². The van der Waals surface area contributed by atoms with Crippen molar-refractivity contribution in [1.29, 1.82) is 0 Å². The van der Waals surface area contributed by atoms with Gasteiger partial charge in [0.2, 0.25) is 5.79 Å². The topological polar surface area (TPSA) is 54.0 Å². The van der Waals surface area contributed by atoms with Crippen molar-refractivity contribution in [3.8, 4) is 0 Å². The Morgan fingerprint density at radius 1 is 1.54 bits per heavy atom. The van der Waals surface area contributed by atoms with Gasteiger partial charge < -0.3 is 9.47 Å².